The van der Waals surface area contributed by atoms with Crippen molar-refractivity contribution < 1.29 is 0 Å². The lowest BCUT2D eigenvalue weighted by Crippen LogP contribution is -2.01. The van der Waals surface area contributed by atoms with Crippen molar-refractivity contribution in [2.45, 2.75) is 20.3 Å². The van der Waals surface area contributed by atoms with E-state index in [1.165, 1.54) is 5.56 Å². The molecule has 0 aliphatic carbocycles. The maximum absolute atomic E-state index is 9.05. The molecule has 0 bridgehead atoms. The lowest BCUT2D eigenvalue weighted by molar-refractivity contribution is 1.14. The SMILES string of the molecule is C=C/C=C(Nc1ccc(CC)cc1)\C(C#N)=C/C. The van der Waals surface area contributed by atoms with Crippen molar-refractivity contribution >= 4 is 5.69 Å². The van der Waals surface area contributed by atoms with Gasteiger partial charge in [0, 0.05) is 5.69 Å². The van der Waals surface area contributed by atoms with Crippen LogP contribution in [0.4, 0.5) is 5.69 Å². The van der Waals surface area contributed by atoms with E-state index in [0.29, 0.717) is 5.57 Å². The van der Waals surface area contributed by atoms with Crippen LogP contribution >= 0.6 is 0 Å². The molecule has 0 atom stereocenters. The number of rotatable bonds is 5. The third-order valence-electron chi connectivity index (χ3n) is 2.63. The van der Waals surface area contributed by atoms with Crippen LogP contribution in [0.5, 0.6) is 0 Å². The number of aryl methyl sites for hydroxylation is 1. The second-order valence-electron chi connectivity index (χ2n) is 3.81. The minimum absolute atomic E-state index is 0.606. The summed E-state index contributed by atoms with van der Waals surface area (Å²) >= 11 is 0. The first-order valence-corrected chi connectivity index (χ1v) is 6.00. The standard InChI is InChI=1S/C16H18N2/c1-4-7-16(14(6-3)12-17)18-15-10-8-13(5-2)9-11-15/h4,6-11,18H,1,5H2,2-3H3/b14-6-,16-7+. The lowest BCUT2D eigenvalue weighted by atomic mass is 10.1. The van der Waals surface area contributed by atoms with Crippen LogP contribution in [0, 0.1) is 11.3 Å². The van der Waals surface area contributed by atoms with Crippen LogP contribution < -0.4 is 5.32 Å². The fraction of sp³-hybridized carbons (Fsp3) is 0.188. The third kappa shape index (κ3) is 3.64. The zero-order chi connectivity index (χ0) is 13.4. The van der Waals surface area contributed by atoms with E-state index >= 15 is 0 Å². The number of nitrogens with zero attached hydrogens (tertiary/aromatic N) is 1. The molecule has 92 valence electrons. The molecule has 0 aliphatic rings. The van der Waals surface area contributed by atoms with Gasteiger partial charge in [-0.1, -0.05) is 37.8 Å². The van der Waals surface area contributed by atoms with Crippen LogP contribution in [0.25, 0.3) is 0 Å². The Labute approximate surface area is 109 Å². The number of anilines is 1. The van der Waals surface area contributed by atoms with Gasteiger partial charge in [-0.15, -0.1) is 0 Å². The second-order valence-corrected chi connectivity index (χ2v) is 3.81. The van der Waals surface area contributed by atoms with Crippen molar-refractivity contribution in [3.63, 3.8) is 0 Å². The van der Waals surface area contributed by atoms with Gasteiger partial charge in [-0.25, -0.2) is 0 Å². The second kappa shape index (κ2) is 7.13. The molecule has 18 heavy (non-hydrogen) atoms. The Morgan fingerprint density at radius 1 is 1.39 bits per heavy atom. The van der Waals surface area contributed by atoms with E-state index < -0.39 is 0 Å². The van der Waals surface area contributed by atoms with E-state index in [9.17, 15) is 0 Å². The van der Waals surface area contributed by atoms with Crippen molar-refractivity contribution in [3.8, 4) is 6.07 Å². The first-order chi connectivity index (χ1) is 8.74. The molecule has 0 radical (unpaired) electrons. The van der Waals surface area contributed by atoms with Gasteiger partial charge >= 0.3 is 0 Å². The molecule has 1 rings (SSSR count). The summed E-state index contributed by atoms with van der Waals surface area (Å²) in [6.07, 6.45) is 6.27. The summed E-state index contributed by atoms with van der Waals surface area (Å²) in [4.78, 5) is 0. The number of nitrogens with one attached hydrogen (secondary N) is 1. The molecular weight excluding hydrogens is 220 g/mol. The van der Waals surface area contributed by atoms with Gasteiger partial charge in [0.1, 0.15) is 6.07 Å². The molecule has 2 nitrogen and oxygen atoms in total. The summed E-state index contributed by atoms with van der Waals surface area (Å²) < 4.78 is 0. The fourth-order valence-corrected chi connectivity index (χ4v) is 1.58. The highest BCUT2D eigenvalue weighted by Crippen LogP contribution is 2.16. The number of benzene rings is 1. The molecule has 0 aliphatic heterocycles. The smallest absolute Gasteiger partial charge is 0.101 e. The molecule has 1 N–H and O–H groups in total. The summed E-state index contributed by atoms with van der Waals surface area (Å²) in [5.74, 6) is 0. The van der Waals surface area contributed by atoms with Crippen molar-refractivity contribution in [1.82, 2.24) is 0 Å². The van der Waals surface area contributed by atoms with Crippen LogP contribution in [0.2, 0.25) is 0 Å². The van der Waals surface area contributed by atoms with E-state index in [2.05, 4.69) is 37.0 Å². The van der Waals surface area contributed by atoms with Gasteiger partial charge < -0.3 is 5.32 Å². The van der Waals surface area contributed by atoms with E-state index in [1.54, 1.807) is 18.2 Å². The van der Waals surface area contributed by atoms with Gasteiger partial charge in [-0.05, 0) is 37.1 Å². The van der Waals surface area contributed by atoms with E-state index in [1.807, 2.05) is 19.1 Å². The molecule has 0 saturated heterocycles. The average Bonchev–Trinajstić information content (AvgIpc) is 2.41. The number of allylic oxidation sites excluding steroid dienone is 4. The summed E-state index contributed by atoms with van der Waals surface area (Å²) in [5.41, 5.74) is 3.63. The zero-order valence-corrected chi connectivity index (χ0v) is 10.9. The zero-order valence-electron chi connectivity index (χ0n) is 10.9. The van der Waals surface area contributed by atoms with E-state index in [0.717, 1.165) is 17.8 Å². The molecule has 2 heteroatoms. The Morgan fingerprint density at radius 2 is 2.06 bits per heavy atom. The largest absolute Gasteiger partial charge is 0.354 e. The minimum Gasteiger partial charge on any atom is -0.354 e. The van der Waals surface area contributed by atoms with Crippen molar-refractivity contribution in [1.29, 1.82) is 5.26 Å². The predicted molar refractivity (Wildman–Crippen MR) is 77.1 cm³/mol. The Morgan fingerprint density at radius 3 is 2.50 bits per heavy atom. The monoisotopic (exact) mass is 238 g/mol. The first-order valence-electron chi connectivity index (χ1n) is 6.00. The van der Waals surface area contributed by atoms with Gasteiger partial charge in [0.05, 0.1) is 11.3 Å². The van der Waals surface area contributed by atoms with Gasteiger partial charge in [0.25, 0.3) is 0 Å². The maximum atomic E-state index is 9.05. The Bertz CT molecular complexity index is 499. The van der Waals surface area contributed by atoms with Crippen molar-refractivity contribution in [2.75, 3.05) is 5.32 Å². The average molecular weight is 238 g/mol. The highest BCUT2D eigenvalue weighted by molar-refractivity contribution is 5.57. The summed E-state index contributed by atoms with van der Waals surface area (Å²) in [7, 11) is 0. The quantitative estimate of drug-likeness (QED) is 0.616. The number of nitriles is 1. The normalized spacial score (nSPS) is 11.8. The molecular formula is C16H18N2. The molecule has 0 saturated carbocycles. The lowest BCUT2D eigenvalue weighted by Gasteiger charge is -2.10. The van der Waals surface area contributed by atoms with Crippen LogP contribution in [-0.2, 0) is 6.42 Å². The highest BCUT2D eigenvalue weighted by atomic mass is 14.9. The topological polar surface area (TPSA) is 35.8 Å². The molecule has 0 heterocycles. The molecule has 0 fully saturated rings. The Hall–Kier alpha value is -2.27. The maximum Gasteiger partial charge on any atom is 0.101 e. The van der Waals surface area contributed by atoms with Crippen LogP contribution in [0.3, 0.4) is 0 Å². The molecule has 0 spiro atoms. The van der Waals surface area contributed by atoms with Gasteiger partial charge in [0.2, 0.25) is 0 Å². The van der Waals surface area contributed by atoms with Gasteiger partial charge in [0.15, 0.2) is 0 Å². The summed E-state index contributed by atoms with van der Waals surface area (Å²) in [5, 5.41) is 12.3. The first kappa shape index (κ1) is 13.8. The van der Waals surface area contributed by atoms with Crippen molar-refractivity contribution in [3.05, 3.63) is 65.9 Å². The molecule has 0 aromatic heterocycles. The summed E-state index contributed by atoms with van der Waals surface area (Å²) in [6, 6.07) is 10.3. The minimum atomic E-state index is 0.606. The predicted octanol–water partition coefficient (Wildman–Crippen LogP) is 4.20. The molecule has 0 unspecified atom stereocenters. The Balaban J connectivity index is 2.94. The number of hydrogen-bond acceptors (Lipinski definition) is 2. The molecule has 1 aromatic rings. The van der Waals surface area contributed by atoms with Crippen LogP contribution in [-0.4, -0.2) is 0 Å². The summed E-state index contributed by atoms with van der Waals surface area (Å²) in [6.45, 7) is 7.64. The number of hydrogen-bond donors (Lipinski definition) is 1. The van der Waals surface area contributed by atoms with E-state index in [-0.39, 0.29) is 0 Å². The van der Waals surface area contributed by atoms with Gasteiger partial charge in [-0.3, -0.25) is 0 Å². The van der Waals surface area contributed by atoms with Crippen LogP contribution in [0.1, 0.15) is 19.4 Å². The van der Waals surface area contributed by atoms with Gasteiger partial charge in [-0.2, -0.15) is 5.26 Å². The van der Waals surface area contributed by atoms with E-state index in [4.69, 9.17) is 5.26 Å². The molecule has 1 aromatic carbocycles. The highest BCUT2D eigenvalue weighted by Gasteiger charge is 2.03. The van der Waals surface area contributed by atoms with Crippen LogP contribution in [0.15, 0.2) is 60.3 Å². The fourth-order valence-electron chi connectivity index (χ4n) is 1.58. The third-order valence-corrected chi connectivity index (χ3v) is 2.63. The Kier molecular flexibility index (Phi) is 5.47. The van der Waals surface area contributed by atoms with Crippen molar-refractivity contribution in [2.24, 2.45) is 0 Å². The molecule has 0 amide bonds.